The number of carbonyl (C=O) groups excluding carboxylic acids is 9. The first-order valence-corrected chi connectivity index (χ1v) is 26.0. The molecular formula is C54H87N5O13. The number of amides is 3. The molecular weight excluding hydrogens is 927 g/mol. The van der Waals surface area contributed by atoms with E-state index in [1.807, 2.05) is 52.0 Å². The lowest BCUT2D eigenvalue weighted by molar-refractivity contribution is -0.144. The molecule has 1 rings (SSSR count). The first kappa shape index (κ1) is 66.5. The summed E-state index contributed by atoms with van der Waals surface area (Å²) in [4.78, 5) is 122. The number of nitrogens with one attached hydrogen (secondary N) is 3. The van der Waals surface area contributed by atoms with Crippen molar-refractivity contribution in [2.24, 2.45) is 22.7 Å². The zero-order valence-corrected chi connectivity index (χ0v) is 44.1. The fourth-order valence-corrected chi connectivity index (χ4v) is 7.25. The molecule has 72 heavy (non-hydrogen) atoms. The van der Waals surface area contributed by atoms with Gasteiger partial charge < -0.3 is 41.5 Å². The van der Waals surface area contributed by atoms with E-state index in [1.54, 1.807) is 6.92 Å². The molecule has 0 radical (unpaired) electrons. The van der Waals surface area contributed by atoms with E-state index < -0.39 is 36.5 Å². The third kappa shape index (κ3) is 35.6. The first-order chi connectivity index (χ1) is 34.2. The highest BCUT2D eigenvalue weighted by Gasteiger charge is 2.24. The van der Waals surface area contributed by atoms with E-state index >= 15 is 0 Å². The van der Waals surface area contributed by atoms with E-state index in [-0.39, 0.29) is 111 Å². The number of unbranched alkanes of at least 4 members (excludes halogenated alkanes) is 10. The molecule has 0 aliphatic rings. The number of carbonyl (C=O) groups is 10. The van der Waals surface area contributed by atoms with Crippen LogP contribution in [-0.4, -0.2) is 113 Å². The van der Waals surface area contributed by atoms with Gasteiger partial charge in [-0.15, -0.1) is 0 Å². The molecule has 3 atom stereocenters. The monoisotopic (exact) mass is 1010 g/mol. The van der Waals surface area contributed by atoms with Gasteiger partial charge in [0, 0.05) is 57.3 Å². The van der Waals surface area contributed by atoms with Gasteiger partial charge in [0.1, 0.15) is 24.2 Å². The molecule has 18 nitrogen and oxygen atoms in total. The number of oxime groups is 1. The minimum Gasteiger partial charge on any atom is -0.481 e. The molecule has 406 valence electrons. The molecule has 0 aliphatic carbocycles. The standard InChI is InChI=1S/C28H42N4O6.C26H45NO7/c1-5-7-26(35)30-18-24(34)13-14-27(36)31-17-23(33)8-6-15-38-32-20(4)22-11-9-21(10-12-22)16-25(29)28(37)19(2)3;1-20(29)14-12-10-8-6-4-3-5-7-9-11-13-15-23(31)18-22(26(33)34)16-17-25(32)27-24(19-28)21(2)30/h9-12,19,25H,5-8,13-18,29H2,1-4H3,(H,30,35)(H,31,36);22,24,28H,3-19H2,1-2H3,(H,27,32)(H,33,34)/b32-20+;/t25-;22-,24+/m01/s1. The molecule has 1 aromatic rings. The van der Waals surface area contributed by atoms with Crippen molar-refractivity contribution in [3.63, 3.8) is 0 Å². The first-order valence-electron chi connectivity index (χ1n) is 26.0. The van der Waals surface area contributed by atoms with Gasteiger partial charge in [-0.3, -0.25) is 43.2 Å². The second-order valence-corrected chi connectivity index (χ2v) is 18.9. The SMILES string of the molecule is CC(=O)CCCCCCCCCCCCCC(=O)C[C@@H](CCC(=O)N[C@@H](CO)C(C)=O)C(=O)O.CCCC(=O)NCC(=O)CCC(=O)NCC(=O)CCCO/N=C(\C)c1ccc(C[C@H](N)C(=O)C(C)C)cc1. The van der Waals surface area contributed by atoms with Gasteiger partial charge in [-0.1, -0.05) is 108 Å². The van der Waals surface area contributed by atoms with Crippen LogP contribution >= 0.6 is 0 Å². The fraction of sp³-hybridized carbons (Fsp3) is 0.685. The van der Waals surface area contributed by atoms with E-state index in [0.717, 1.165) is 49.7 Å². The molecule has 0 aliphatic heterocycles. The quantitative estimate of drug-likeness (QED) is 0.0235. The summed E-state index contributed by atoms with van der Waals surface area (Å²) in [6.45, 7) is 9.79. The van der Waals surface area contributed by atoms with Gasteiger partial charge in [-0.05, 0) is 70.4 Å². The third-order valence-electron chi connectivity index (χ3n) is 11.8. The Bertz CT molecular complexity index is 1860. The number of Topliss-reactive ketones (excluding diaryl/α,β-unsaturated/α-hetero) is 6. The van der Waals surface area contributed by atoms with Crippen LogP contribution in [0.4, 0.5) is 0 Å². The predicted octanol–water partition coefficient (Wildman–Crippen LogP) is 6.41. The number of nitrogens with zero attached hydrogens (tertiary/aromatic N) is 1. The summed E-state index contributed by atoms with van der Waals surface area (Å²) < 4.78 is 0. The summed E-state index contributed by atoms with van der Waals surface area (Å²) in [5.41, 5.74) is 8.51. The number of hydrogen-bond donors (Lipinski definition) is 6. The van der Waals surface area contributed by atoms with Crippen molar-refractivity contribution >= 4 is 64.1 Å². The van der Waals surface area contributed by atoms with E-state index in [9.17, 15) is 53.1 Å². The van der Waals surface area contributed by atoms with Gasteiger partial charge in [0.15, 0.2) is 23.1 Å². The molecule has 0 saturated carbocycles. The highest BCUT2D eigenvalue weighted by atomic mass is 16.6. The second-order valence-electron chi connectivity index (χ2n) is 18.9. The summed E-state index contributed by atoms with van der Waals surface area (Å²) in [5.74, 6) is -3.76. The van der Waals surface area contributed by atoms with Crippen molar-refractivity contribution < 1.29 is 63.0 Å². The van der Waals surface area contributed by atoms with E-state index in [2.05, 4.69) is 21.1 Å². The molecule has 0 heterocycles. The van der Waals surface area contributed by atoms with Crippen LogP contribution in [0.25, 0.3) is 0 Å². The lowest BCUT2D eigenvalue weighted by atomic mass is 9.94. The van der Waals surface area contributed by atoms with Crippen molar-refractivity contribution in [1.29, 1.82) is 0 Å². The number of aliphatic carboxylic acids is 1. The molecule has 3 amide bonds. The molecule has 1 aromatic carbocycles. The van der Waals surface area contributed by atoms with Crippen LogP contribution in [0.15, 0.2) is 29.4 Å². The zero-order chi connectivity index (χ0) is 54.3. The Morgan fingerprint density at radius 3 is 1.65 bits per heavy atom. The topological polar surface area (TPSA) is 295 Å². The minimum atomic E-state index is -1.11. The molecule has 18 heteroatoms. The summed E-state index contributed by atoms with van der Waals surface area (Å²) in [7, 11) is 0. The predicted molar refractivity (Wildman–Crippen MR) is 276 cm³/mol. The van der Waals surface area contributed by atoms with Crippen LogP contribution in [0.1, 0.15) is 194 Å². The number of carboxylic acids is 1. The highest BCUT2D eigenvalue weighted by Crippen LogP contribution is 2.17. The molecule has 0 unspecified atom stereocenters. The Balaban J connectivity index is 0.00000141. The maximum Gasteiger partial charge on any atom is 0.306 e. The van der Waals surface area contributed by atoms with Crippen LogP contribution in [-0.2, 0) is 59.2 Å². The summed E-state index contributed by atoms with van der Waals surface area (Å²) >= 11 is 0. The van der Waals surface area contributed by atoms with Gasteiger partial charge in [-0.2, -0.15) is 0 Å². The number of carboxylic acid groups (broad SMARTS) is 1. The van der Waals surface area contributed by atoms with Crippen molar-refractivity contribution in [3.8, 4) is 0 Å². The van der Waals surface area contributed by atoms with Crippen LogP contribution in [0, 0.1) is 11.8 Å². The third-order valence-corrected chi connectivity index (χ3v) is 11.8. The smallest absolute Gasteiger partial charge is 0.306 e. The highest BCUT2D eigenvalue weighted by molar-refractivity contribution is 5.98. The van der Waals surface area contributed by atoms with Crippen molar-refractivity contribution in [2.45, 2.75) is 201 Å². The molecule has 0 bridgehead atoms. The summed E-state index contributed by atoms with van der Waals surface area (Å²) in [6, 6.07) is 6.11. The van der Waals surface area contributed by atoms with E-state index in [1.165, 1.54) is 39.0 Å². The maximum absolute atomic E-state index is 12.2. The van der Waals surface area contributed by atoms with Gasteiger partial charge in [0.25, 0.3) is 0 Å². The van der Waals surface area contributed by atoms with Gasteiger partial charge in [-0.25, -0.2) is 0 Å². The number of aliphatic hydroxyl groups is 1. The normalized spacial score (nSPS) is 12.4. The van der Waals surface area contributed by atoms with Crippen molar-refractivity contribution in [3.05, 3.63) is 35.4 Å². The summed E-state index contributed by atoms with van der Waals surface area (Å²) in [6.07, 6.45) is 15.1. The Labute approximate surface area is 427 Å². The Hall–Kier alpha value is -5.49. The van der Waals surface area contributed by atoms with Crippen LogP contribution < -0.4 is 21.7 Å². The summed E-state index contributed by atoms with van der Waals surface area (Å²) in [5, 5.41) is 29.9. The molecule has 0 spiro atoms. The average Bonchev–Trinajstić information content (AvgIpc) is 3.33. The van der Waals surface area contributed by atoms with Crippen LogP contribution in [0.3, 0.4) is 0 Å². The molecule has 0 fully saturated rings. The van der Waals surface area contributed by atoms with Crippen molar-refractivity contribution in [2.75, 3.05) is 26.3 Å². The van der Waals surface area contributed by atoms with E-state index in [4.69, 9.17) is 15.7 Å². The number of nitrogens with two attached hydrogens (primary N) is 1. The van der Waals surface area contributed by atoms with Crippen LogP contribution in [0.5, 0.6) is 0 Å². The number of aliphatic hydroxyl groups excluding tert-OH is 1. The van der Waals surface area contributed by atoms with Gasteiger partial charge >= 0.3 is 5.97 Å². The van der Waals surface area contributed by atoms with E-state index in [0.29, 0.717) is 44.2 Å². The zero-order valence-electron chi connectivity index (χ0n) is 44.1. The Morgan fingerprint density at radius 2 is 1.15 bits per heavy atom. The molecule has 0 aromatic heterocycles. The molecule has 7 N–H and O–H groups in total. The lowest BCUT2D eigenvalue weighted by Gasteiger charge is -2.15. The maximum atomic E-state index is 12.2. The number of benzene rings is 1. The number of ketones is 6. The van der Waals surface area contributed by atoms with Crippen LogP contribution in [0.2, 0.25) is 0 Å². The van der Waals surface area contributed by atoms with Gasteiger partial charge in [0.2, 0.25) is 17.7 Å². The molecule has 0 saturated heterocycles. The Kier molecular flexibility index (Phi) is 37.9. The average molecular weight is 1010 g/mol. The lowest BCUT2D eigenvalue weighted by Crippen LogP contribution is -2.42. The van der Waals surface area contributed by atoms with Crippen molar-refractivity contribution in [1.82, 2.24) is 16.0 Å². The Morgan fingerprint density at radius 1 is 0.639 bits per heavy atom. The minimum absolute atomic E-state index is 0.00565. The number of hydrogen-bond acceptors (Lipinski definition) is 14. The fourth-order valence-electron chi connectivity index (χ4n) is 7.25. The number of rotatable bonds is 42. The largest absolute Gasteiger partial charge is 0.481 e. The van der Waals surface area contributed by atoms with Gasteiger partial charge in [0.05, 0.1) is 37.4 Å². The second kappa shape index (κ2) is 41.0.